The quantitative estimate of drug-likeness (QED) is 0.453. The molecule has 0 aromatic heterocycles. The van der Waals surface area contributed by atoms with Crippen molar-refractivity contribution in [2.24, 2.45) is 0 Å². The lowest BCUT2D eigenvalue weighted by Gasteiger charge is -2.28. The Labute approximate surface area is 131 Å². The van der Waals surface area contributed by atoms with Gasteiger partial charge in [-0.05, 0) is 56.9 Å². The molecule has 0 saturated heterocycles. The Morgan fingerprint density at radius 1 is 1.43 bits per heavy atom. The van der Waals surface area contributed by atoms with Gasteiger partial charge in [-0.15, -0.1) is 11.8 Å². The first-order valence-electron chi connectivity index (χ1n) is 7.60. The summed E-state index contributed by atoms with van der Waals surface area (Å²) in [5.41, 5.74) is 0.775. The first-order chi connectivity index (χ1) is 10.0. The SMILES string of the molecule is COC(=O)C(C)(CCCSc1ccccc1C)NC1CC1. The fraction of sp³-hybridized carbons (Fsp3) is 0.588. The van der Waals surface area contributed by atoms with Crippen molar-refractivity contribution in [2.75, 3.05) is 12.9 Å². The smallest absolute Gasteiger partial charge is 0.325 e. The minimum atomic E-state index is -0.539. The Morgan fingerprint density at radius 3 is 2.76 bits per heavy atom. The van der Waals surface area contributed by atoms with E-state index in [-0.39, 0.29) is 5.97 Å². The van der Waals surface area contributed by atoms with Gasteiger partial charge >= 0.3 is 5.97 Å². The molecule has 1 aromatic rings. The topological polar surface area (TPSA) is 38.3 Å². The van der Waals surface area contributed by atoms with Crippen molar-refractivity contribution in [3.63, 3.8) is 0 Å². The van der Waals surface area contributed by atoms with E-state index in [2.05, 4.69) is 36.5 Å². The molecule has 0 amide bonds. The van der Waals surface area contributed by atoms with Crippen molar-refractivity contribution < 1.29 is 9.53 Å². The summed E-state index contributed by atoms with van der Waals surface area (Å²) < 4.78 is 4.97. The van der Waals surface area contributed by atoms with Crippen LogP contribution in [-0.4, -0.2) is 30.4 Å². The molecule has 0 bridgehead atoms. The molecule has 1 aliphatic carbocycles. The van der Waals surface area contributed by atoms with Gasteiger partial charge in [-0.2, -0.15) is 0 Å². The largest absolute Gasteiger partial charge is 0.468 e. The van der Waals surface area contributed by atoms with E-state index in [0.717, 1.165) is 18.6 Å². The maximum Gasteiger partial charge on any atom is 0.325 e. The normalized spacial score (nSPS) is 17.3. The lowest BCUT2D eigenvalue weighted by molar-refractivity contribution is -0.148. The number of rotatable bonds is 8. The molecule has 0 aliphatic heterocycles. The maximum atomic E-state index is 12.0. The van der Waals surface area contributed by atoms with Crippen LogP contribution in [0.1, 0.15) is 38.2 Å². The summed E-state index contributed by atoms with van der Waals surface area (Å²) in [5.74, 6) is 0.874. The molecule has 1 aliphatic rings. The van der Waals surface area contributed by atoms with Crippen LogP contribution < -0.4 is 5.32 Å². The third kappa shape index (κ3) is 4.75. The van der Waals surface area contributed by atoms with E-state index in [1.807, 2.05) is 18.7 Å². The molecule has 1 aromatic carbocycles. The summed E-state index contributed by atoms with van der Waals surface area (Å²) in [5, 5.41) is 3.44. The second kappa shape index (κ2) is 7.32. The molecule has 1 saturated carbocycles. The number of carbonyl (C=O) groups is 1. The van der Waals surface area contributed by atoms with Crippen molar-refractivity contribution in [3.05, 3.63) is 29.8 Å². The minimum Gasteiger partial charge on any atom is -0.468 e. The zero-order valence-electron chi connectivity index (χ0n) is 13.1. The third-order valence-corrected chi connectivity index (χ3v) is 5.17. The Kier molecular flexibility index (Phi) is 5.71. The summed E-state index contributed by atoms with van der Waals surface area (Å²) in [6, 6.07) is 8.92. The molecule has 0 heterocycles. The second-order valence-corrected chi connectivity index (χ2v) is 7.10. The van der Waals surface area contributed by atoms with Crippen LogP contribution in [-0.2, 0) is 9.53 Å². The first-order valence-corrected chi connectivity index (χ1v) is 8.58. The monoisotopic (exact) mass is 307 g/mol. The molecule has 0 radical (unpaired) electrons. The van der Waals surface area contributed by atoms with Gasteiger partial charge in [0, 0.05) is 10.9 Å². The number of methoxy groups -OCH3 is 1. The Balaban J connectivity index is 1.81. The van der Waals surface area contributed by atoms with E-state index in [1.54, 1.807) is 0 Å². The predicted octanol–water partition coefficient (Wildman–Crippen LogP) is 3.55. The maximum absolute atomic E-state index is 12.0. The highest BCUT2D eigenvalue weighted by Gasteiger charge is 2.38. The molecule has 3 nitrogen and oxygen atoms in total. The highest BCUT2D eigenvalue weighted by Crippen LogP contribution is 2.28. The van der Waals surface area contributed by atoms with Crippen molar-refractivity contribution in [2.45, 2.75) is 56.0 Å². The number of ether oxygens (including phenoxy) is 1. The van der Waals surface area contributed by atoms with Crippen molar-refractivity contribution >= 4 is 17.7 Å². The number of esters is 1. The molecule has 2 rings (SSSR count). The summed E-state index contributed by atoms with van der Waals surface area (Å²) in [7, 11) is 1.47. The average molecular weight is 307 g/mol. The van der Waals surface area contributed by atoms with Crippen LogP contribution in [0.5, 0.6) is 0 Å². The summed E-state index contributed by atoms with van der Waals surface area (Å²) in [6.45, 7) is 4.10. The van der Waals surface area contributed by atoms with Crippen LogP contribution >= 0.6 is 11.8 Å². The Bertz CT molecular complexity index is 487. The van der Waals surface area contributed by atoms with Gasteiger partial charge in [-0.1, -0.05) is 18.2 Å². The van der Waals surface area contributed by atoms with Crippen LogP contribution in [0.25, 0.3) is 0 Å². The van der Waals surface area contributed by atoms with Crippen LogP contribution in [0.15, 0.2) is 29.2 Å². The molecular weight excluding hydrogens is 282 g/mol. The van der Waals surface area contributed by atoms with Gasteiger partial charge in [-0.3, -0.25) is 10.1 Å². The Hall–Kier alpha value is -1.00. The molecule has 0 spiro atoms. The molecule has 21 heavy (non-hydrogen) atoms. The van der Waals surface area contributed by atoms with E-state index in [1.165, 1.54) is 30.4 Å². The zero-order valence-corrected chi connectivity index (χ0v) is 14.0. The van der Waals surface area contributed by atoms with Crippen LogP contribution in [0.3, 0.4) is 0 Å². The summed E-state index contributed by atoms with van der Waals surface area (Å²) in [6.07, 6.45) is 4.15. The highest BCUT2D eigenvalue weighted by atomic mass is 32.2. The Morgan fingerprint density at radius 2 is 2.14 bits per heavy atom. The summed E-state index contributed by atoms with van der Waals surface area (Å²) >= 11 is 1.86. The van der Waals surface area contributed by atoms with Gasteiger partial charge in [0.25, 0.3) is 0 Å². The number of hydrogen-bond donors (Lipinski definition) is 1. The zero-order chi connectivity index (χ0) is 15.3. The van der Waals surface area contributed by atoms with Gasteiger partial charge in [-0.25, -0.2) is 0 Å². The van der Waals surface area contributed by atoms with Crippen LogP contribution in [0.2, 0.25) is 0 Å². The lowest BCUT2D eigenvalue weighted by atomic mass is 9.96. The highest BCUT2D eigenvalue weighted by molar-refractivity contribution is 7.99. The van der Waals surface area contributed by atoms with Crippen LogP contribution in [0, 0.1) is 6.92 Å². The molecule has 1 atom stereocenters. The number of thioether (sulfide) groups is 1. The summed E-state index contributed by atoms with van der Waals surface area (Å²) in [4.78, 5) is 13.4. The number of nitrogens with one attached hydrogen (secondary N) is 1. The molecule has 1 N–H and O–H groups in total. The average Bonchev–Trinajstić information content (AvgIpc) is 3.28. The van der Waals surface area contributed by atoms with Crippen molar-refractivity contribution in [1.29, 1.82) is 0 Å². The second-order valence-electron chi connectivity index (χ2n) is 5.96. The number of carbonyl (C=O) groups excluding carboxylic acids is 1. The number of benzene rings is 1. The molecule has 1 fully saturated rings. The van der Waals surface area contributed by atoms with Crippen molar-refractivity contribution in [1.82, 2.24) is 5.32 Å². The van der Waals surface area contributed by atoms with E-state index in [4.69, 9.17) is 4.74 Å². The van der Waals surface area contributed by atoms with E-state index < -0.39 is 5.54 Å². The van der Waals surface area contributed by atoms with Gasteiger partial charge in [0.15, 0.2) is 0 Å². The lowest BCUT2D eigenvalue weighted by Crippen LogP contribution is -2.51. The molecule has 1 unspecified atom stereocenters. The van der Waals surface area contributed by atoms with Crippen molar-refractivity contribution in [3.8, 4) is 0 Å². The minimum absolute atomic E-state index is 0.143. The fourth-order valence-electron chi connectivity index (χ4n) is 2.46. The van der Waals surface area contributed by atoms with E-state index >= 15 is 0 Å². The third-order valence-electron chi connectivity index (χ3n) is 3.91. The van der Waals surface area contributed by atoms with Gasteiger partial charge in [0.2, 0.25) is 0 Å². The van der Waals surface area contributed by atoms with Crippen LogP contribution in [0.4, 0.5) is 0 Å². The van der Waals surface area contributed by atoms with Gasteiger partial charge in [0.1, 0.15) is 5.54 Å². The molecule has 116 valence electrons. The van der Waals surface area contributed by atoms with E-state index in [0.29, 0.717) is 6.04 Å². The van der Waals surface area contributed by atoms with Gasteiger partial charge < -0.3 is 4.74 Å². The predicted molar refractivity (Wildman–Crippen MR) is 87.7 cm³/mol. The van der Waals surface area contributed by atoms with E-state index in [9.17, 15) is 4.79 Å². The standard InChI is InChI=1S/C17H25NO2S/c1-13-7-4-5-8-15(13)21-12-6-11-17(2,16(19)20-3)18-14-9-10-14/h4-5,7-8,14,18H,6,9-12H2,1-3H3. The van der Waals surface area contributed by atoms with Gasteiger partial charge in [0.05, 0.1) is 7.11 Å². The number of aryl methyl sites for hydroxylation is 1. The molecule has 4 heteroatoms. The fourth-order valence-corrected chi connectivity index (χ4v) is 3.44. The first kappa shape index (κ1) is 16.4. The number of hydrogen-bond acceptors (Lipinski definition) is 4. The molecular formula is C17H25NO2S.